The molecule has 0 aromatic heterocycles. The van der Waals surface area contributed by atoms with Gasteiger partial charge in [0.2, 0.25) is 5.91 Å². The van der Waals surface area contributed by atoms with Crippen LogP contribution in [0.1, 0.15) is 18.9 Å². The van der Waals surface area contributed by atoms with Gasteiger partial charge in [-0.2, -0.15) is 0 Å². The minimum Gasteiger partial charge on any atom is -0.466 e. The number of benzene rings is 1. The molecule has 2 atom stereocenters. The molecule has 0 spiro atoms. The number of rotatable bonds is 7. The first-order valence-electron chi connectivity index (χ1n) is 7.89. The van der Waals surface area contributed by atoms with E-state index in [-0.39, 0.29) is 23.7 Å². The summed E-state index contributed by atoms with van der Waals surface area (Å²) in [5.41, 5.74) is 1.07. The van der Waals surface area contributed by atoms with Gasteiger partial charge in [0, 0.05) is 13.1 Å². The second-order valence-electron chi connectivity index (χ2n) is 5.57. The van der Waals surface area contributed by atoms with Crippen LogP contribution >= 0.6 is 0 Å². The van der Waals surface area contributed by atoms with Crippen molar-refractivity contribution in [2.24, 2.45) is 11.8 Å². The predicted octanol–water partition coefficient (Wildman–Crippen LogP) is 1.13. The van der Waals surface area contributed by atoms with E-state index in [1.54, 1.807) is 6.92 Å². The van der Waals surface area contributed by atoms with Crippen molar-refractivity contribution in [2.75, 3.05) is 26.2 Å². The van der Waals surface area contributed by atoms with Crippen LogP contribution in [-0.4, -0.2) is 38.1 Å². The van der Waals surface area contributed by atoms with E-state index in [9.17, 15) is 9.59 Å². The maximum absolute atomic E-state index is 12.1. The van der Waals surface area contributed by atoms with Crippen molar-refractivity contribution >= 4 is 11.9 Å². The molecule has 1 heterocycles. The van der Waals surface area contributed by atoms with Crippen molar-refractivity contribution in [1.82, 2.24) is 10.6 Å². The summed E-state index contributed by atoms with van der Waals surface area (Å²) in [5, 5.41) is 6.08. The van der Waals surface area contributed by atoms with Crippen LogP contribution in [0.3, 0.4) is 0 Å². The van der Waals surface area contributed by atoms with Gasteiger partial charge in [0.1, 0.15) is 0 Å². The highest BCUT2D eigenvalue weighted by atomic mass is 16.5. The number of amides is 1. The van der Waals surface area contributed by atoms with Crippen LogP contribution in [0.5, 0.6) is 0 Å². The summed E-state index contributed by atoms with van der Waals surface area (Å²) < 4.78 is 5.13. The molecule has 1 aromatic carbocycles. The summed E-state index contributed by atoms with van der Waals surface area (Å²) in [4.78, 5) is 24.2. The number of ether oxygens (including phenoxy) is 1. The molecule has 2 rings (SSSR count). The minimum atomic E-state index is -0.347. The maximum Gasteiger partial charge on any atom is 0.311 e. The summed E-state index contributed by atoms with van der Waals surface area (Å²) in [6.07, 6.45) is 1.43. The normalized spacial score (nSPS) is 18.7. The van der Waals surface area contributed by atoms with Crippen molar-refractivity contribution in [2.45, 2.75) is 19.8 Å². The predicted molar refractivity (Wildman–Crippen MR) is 84.3 cm³/mol. The van der Waals surface area contributed by atoms with E-state index in [4.69, 9.17) is 4.74 Å². The van der Waals surface area contributed by atoms with Crippen LogP contribution < -0.4 is 10.6 Å². The van der Waals surface area contributed by atoms with Crippen LogP contribution in [0.4, 0.5) is 0 Å². The Bertz CT molecular complexity index is 484. The minimum absolute atomic E-state index is 0.0135. The van der Waals surface area contributed by atoms with Crippen LogP contribution in [0.25, 0.3) is 0 Å². The first-order chi connectivity index (χ1) is 10.7. The van der Waals surface area contributed by atoms with E-state index < -0.39 is 0 Å². The van der Waals surface area contributed by atoms with Crippen molar-refractivity contribution in [3.63, 3.8) is 0 Å². The molecule has 5 nitrogen and oxygen atoms in total. The largest absolute Gasteiger partial charge is 0.466 e. The standard InChI is InChI=1S/C17H24N2O3/c1-2-22-17(21)15(10-13-6-4-3-5-7-13)12-19-16(20)14-8-9-18-11-14/h3-7,14-15,18H,2,8-12H2,1H3,(H,19,20). The average Bonchev–Trinajstić information content (AvgIpc) is 3.06. The summed E-state index contributed by atoms with van der Waals surface area (Å²) >= 11 is 0. The molecule has 5 heteroatoms. The van der Waals surface area contributed by atoms with Gasteiger partial charge in [0.15, 0.2) is 0 Å². The van der Waals surface area contributed by atoms with Crippen LogP contribution in [0.2, 0.25) is 0 Å². The highest BCUT2D eigenvalue weighted by Gasteiger charge is 2.25. The number of carbonyl (C=O) groups is 2. The van der Waals surface area contributed by atoms with Crippen LogP contribution in [0.15, 0.2) is 30.3 Å². The SMILES string of the molecule is CCOC(=O)C(CNC(=O)C1CCNC1)Cc1ccccc1. The van der Waals surface area contributed by atoms with Crippen LogP contribution in [0, 0.1) is 11.8 Å². The lowest BCUT2D eigenvalue weighted by Crippen LogP contribution is -2.38. The van der Waals surface area contributed by atoms with E-state index in [2.05, 4.69) is 10.6 Å². The summed E-state index contributed by atoms with van der Waals surface area (Å²) in [6, 6.07) is 9.79. The zero-order valence-corrected chi connectivity index (χ0v) is 13.0. The van der Waals surface area contributed by atoms with Crippen molar-refractivity contribution < 1.29 is 14.3 Å². The van der Waals surface area contributed by atoms with E-state index >= 15 is 0 Å². The Hall–Kier alpha value is -1.88. The van der Waals surface area contributed by atoms with Gasteiger partial charge in [-0.05, 0) is 31.9 Å². The lowest BCUT2D eigenvalue weighted by atomic mass is 9.99. The molecule has 1 aromatic rings. The molecular formula is C17H24N2O3. The smallest absolute Gasteiger partial charge is 0.311 e. The van der Waals surface area contributed by atoms with Gasteiger partial charge in [0.25, 0.3) is 0 Å². The maximum atomic E-state index is 12.1. The number of esters is 1. The third-order valence-corrected chi connectivity index (χ3v) is 3.90. The van der Waals surface area contributed by atoms with Gasteiger partial charge in [0.05, 0.1) is 18.4 Å². The molecule has 2 N–H and O–H groups in total. The molecule has 0 saturated carbocycles. The average molecular weight is 304 g/mol. The fraction of sp³-hybridized carbons (Fsp3) is 0.529. The Kier molecular flexibility index (Phi) is 6.40. The molecule has 2 unspecified atom stereocenters. The molecule has 1 fully saturated rings. The Labute approximate surface area is 131 Å². The number of carbonyl (C=O) groups excluding carboxylic acids is 2. The molecule has 22 heavy (non-hydrogen) atoms. The zero-order valence-electron chi connectivity index (χ0n) is 13.0. The van der Waals surface area contributed by atoms with Crippen LogP contribution in [-0.2, 0) is 20.7 Å². The fourth-order valence-corrected chi connectivity index (χ4v) is 2.64. The fourth-order valence-electron chi connectivity index (χ4n) is 2.64. The molecule has 120 valence electrons. The van der Waals surface area contributed by atoms with Gasteiger partial charge in [-0.3, -0.25) is 9.59 Å². The summed E-state index contributed by atoms with van der Waals surface area (Å²) in [5.74, 6) is -0.566. The van der Waals surface area contributed by atoms with E-state index in [1.165, 1.54) is 0 Å². The molecule has 1 amide bonds. The van der Waals surface area contributed by atoms with E-state index in [0.29, 0.717) is 26.1 Å². The van der Waals surface area contributed by atoms with Gasteiger partial charge >= 0.3 is 5.97 Å². The quantitative estimate of drug-likeness (QED) is 0.741. The van der Waals surface area contributed by atoms with Gasteiger partial charge in [-0.25, -0.2) is 0 Å². The summed E-state index contributed by atoms with van der Waals surface area (Å²) in [7, 11) is 0. The molecule has 0 radical (unpaired) electrons. The van der Waals surface area contributed by atoms with Gasteiger partial charge in [-0.1, -0.05) is 30.3 Å². The third kappa shape index (κ3) is 4.84. The van der Waals surface area contributed by atoms with Crippen molar-refractivity contribution in [1.29, 1.82) is 0 Å². The van der Waals surface area contributed by atoms with Crippen molar-refractivity contribution in [3.05, 3.63) is 35.9 Å². The van der Waals surface area contributed by atoms with E-state index in [0.717, 1.165) is 18.5 Å². The van der Waals surface area contributed by atoms with Crippen molar-refractivity contribution in [3.8, 4) is 0 Å². The molecule has 1 saturated heterocycles. The number of hydrogen-bond donors (Lipinski definition) is 2. The summed E-state index contributed by atoms with van der Waals surface area (Å²) in [6.45, 7) is 4.06. The first kappa shape index (κ1) is 16.5. The second kappa shape index (κ2) is 8.54. The molecule has 0 bridgehead atoms. The second-order valence-corrected chi connectivity index (χ2v) is 5.57. The Morgan fingerprint density at radius 1 is 1.36 bits per heavy atom. The molecule has 0 aliphatic carbocycles. The zero-order chi connectivity index (χ0) is 15.8. The lowest BCUT2D eigenvalue weighted by Gasteiger charge is -2.18. The Morgan fingerprint density at radius 2 is 2.14 bits per heavy atom. The van der Waals surface area contributed by atoms with Gasteiger partial charge < -0.3 is 15.4 Å². The highest BCUT2D eigenvalue weighted by molar-refractivity contribution is 5.80. The van der Waals surface area contributed by atoms with Gasteiger partial charge in [-0.15, -0.1) is 0 Å². The molecule has 1 aliphatic heterocycles. The highest BCUT2D eigenvalue weighted by Crippen LogP contribution is 2.12. The Balaban J connectivity index is 1.92. The van der Waals surface area contributed by atoms with E-state index in [1.807, 2.05) is 30.3 Å². The third-order valence-electron chi connectivity index (χ3n) is 3.90. The Morgan fingerprint density at radius 3 is 2.77 bits per heavy atom. The monoisotopic (exact) mass is 304 g/mol. The molecular weight excluding hydrogens is 280 g/mol. The molecule has 1 aliphatic rings. The lowest BCUT2D eigenvalue weighted by molar-refractivity contribution is -0.147. The topological polar surface area (TPSA) is 67.4 Å². The number of nitrogens with one attached hydrogen (secondary N) is 2. The number of hydrogen-bond acceptors (Lipinski definition) is 4. The first-order valence-corrected chi connectivity index (χ1v) is 7.89.